The highest BCUT2D eigenvalue weighted by Gasteiger charge is 2.16. The number of carbonyl (C=O) groups is 3. The van der Waals surface area contributed by atoms with Crippen molar-refractivity contribution in [3.63, 3.8) is 0 Å². The Kier molecular flexibility index (Phi) is 9.08. The topological polar surface area (TPSA) is 106 Å². The predicted molar refractivity (Wildman–Crippen MR) is 135 cm³/mol. The third kappa shape index (κ3) is 7.45. The zero-order valence-corrected chi connectivity index (χ0v) is 20.4. The minimum Gasteiger partial charge on any atom is -0.490 e. The first-order valence-corrected chi connectivity index (χ1v) is 11.2. The molecule has 0 aliphatic carbocycles. The molecule has 0 fully saturated rings. The summed E-state index contributed by atoms with van der Waals surface area (Å²) in [5, 5.41) is 7.18. The molecule has 35 heavy (non-hydrogen) atoms. The van der Waals surface area contributed by atoms with Crippen molar-refractivity contribution in [3.05, 3.63) is 86.9 Å². The highest BCUT2D eigenvalue weighted by molar-refractivity contribution is 6.42. The Morgan fingerprint density at radius 2 is 1.60 bits per heavy atom. The van der Waals surface area contributed by atoms with Crippen molar-refractivity contribution in [2.75, 3.05) is 11.9 Å². The number of hydrogen-bond donors (Lipinski definition) is 2. The van der Waals surface area contributed by atoms with E-state index in [-0.39, 0.29) is 16.5 Å². The van der Waals surface area contributed by atoms with E-state index in [1.54, 1.807) is 49.4 Å². The molecular formula is C24H18Cl3N3O5. The van der Waals surface area contributed by atoms with Crippen molar-refractivity contribution in [1.82, 2.24) is 5.43 Å². The van der Waals surface area contributed by atoms with Gasteiger partial charge in [0.2, 0.25) is 0 Å². The number of carbonyl (C=O) groups excluding carboxylic acids is 3. The van der Waals surface area contributed by atoms with Crippen LogP contribution in [0.2, 0.25) is 15.1 Å². The molecule has 0 radical (unpaired) electrons. The number of hydrazone groups is 1. The molecule has 3 rings (SSSR count). The van der Waals surface area contributed by atoms with E-state index >= 15 is 0 Å². The van der Waals surface area contributed by atoms with Crippen molar-refractivity contribution in [1.29, 1.82) is 0 Å². The van der Waals surface area contributed by atoms with Gasteiger partial charge in [-0.1, -0.05) is 34.8 Å². The summed E-state index contributed by atoms with van der Waals surface area (Å²) in [5.74, 6) is -2.09. The van der Waals surface area contributed by atoms with Gasteiger partial charge in [-0.25, -0.2) is 10.2 Å². The molecule has 3 aromatic carbocycles. The lowest BCUT2D eigenvalue weighted by Gasteiger charge is -2.11. The molecule has 180 valence electrons. The normalized spacial score (nSPS) is 10.6. The molecule has 8 nitrogen and oxygen atoms in total. The Morgan fingerprint density at radius 1 is 0.886 bits per heavy atom. The summed E-state index contributed by atoms with van der Waals surface area (Å²) in [6.07, 6.45) is 1.30. The van der Waals surface area contributed by atoms with Crippen LogP contribution < -0.4 is 20.2 Å². The average Bonchev–Trinajstić information content (AvgIpc) is 2.83. The monoisotopic (exact) mass is 533 g/mol. The Balaban J connectivity index is 1.64. The molecule has 0 heterocycles. The lowest BCUT2D eigenvalue weighted by atomic mass is 10.2. The number of halogens is 3. The van der Waals surface area contributed by atoms with Gasteiger partial charge in [0.1, 0.15) is 0 Å². The highest BCUT2D eigenvalue weighted by Crippen LogP contribution is 2.29. The van der Waals surface area contributed by atoms with Crippen molar-refractivity contribution in [3.8, 4) is 11.5 Å². The first-order chi connectivity index (χ1) is 16.8. The largest absolute Gasteiger partial charge is 0.490 e. The van der Waals surface area contributed by atoms with Crippen LogP contribution in [0.5, 0.6) is 11.5 Å². The summed E-state index contributed by atoms with van der Waals surface area (Å²) >= 11 is 17.7. The summed E-state index contributed by atoms with van der Waals surface area (Å²) < 4.78 is 11.0. The van der Waals surface area contributed by atoms with Gasteiger partial charge >= 0.3 is 17.8 Å². The Bertz CT molecular complexity index is 1280. The van der Waals surface area contributed by atoms with Crippen LogP contribution in [0.3, 0.4) is 0 Å². The molecule has 0 bridgehead atoms. The quantitative estimate of drug-likeness (QED) is 0.140. The van der Waals surface area contributed by atoms with E-state index in [0.29, 0.717) is 33.5 Å². The predicted octanol–water partition coefficient (Wildman–Crippen LogP) is 5.35. The molecular weight excluding hydrogens is 517 g/mol. The summed E-state index contributed by atoms with van der Waals surface area (Å²) in [6.45, 7) is 2.09. The summed E-state index contributed by atoms with van der Waals surface area (Å²) in [5.41, 5.74) is 3.14. The highest BCUT2D eigenvalue weighted by atomic mass is 35.5. The summed E-state index contributed by atoms with van der Waals surface area (Å²) in [7, 11) is 0. The van der Waals surface area contributed by atoms with Gasteiger partial charge in [-0.2, -0.15) is 5.10 Å². The van der Waals surface area contributed by atoms with Gasteiger partial charge in [0.15, 0.2) is 11.5 Å². The van der Waals surface area contributed by atoms with Crippen LogP contribution in [-0.4, -0.2) is 30.6 Å². The fraction of sp³-hybridized carbons (Fsp3) is 0.0833. The third-order valence-electron chi connectivity index (χ3n) is 4.31. The molecule has 11 heteroatoms. The van der Waals surface area contributed by atoms with Crippen molar-refractivity contribution < 1.29 is 23.9 Å². The van der Waals surface area contributed by atoms with Gasteiger partial charge in [-0.3, -0.25) is 9.59 Å². The van der Waals surface area contributed by atoms with Gasteiger partial charge in [0, 0.05) is 10.0 Å². The number of esters is 1. The number of nitrogens with zero attached hydrogens (tertiary/aromatic N) is 1. The maximum absolute atomic E-state index is 12.4. The van der Waals surface area contributed by atoms with Crippen LogP contribution >= 0.6 is 34.8 Å². The van der Waals surface area contributed by atoms with Crippen LogP contribution in [-0.2, 0) is 9.59 Å². The van der Waals surface area contributed by atoms with Gasteiger partial charge in [0.05, 0.1) is 29.1 Å². The van der Waals surface area contributed by atoms with Gasteiger partial charge in [-0.05, 0) is 73.2 Å². The van der Waals surface area contributed by atoms with Crippen LogP contribution in [0.25, 0.3) is 0 Å². The van der Waals surface area contributed by atoms with E-state index in [4.69, 9.17) is 44.3 Å². The minimum absolute atomic E-state index is 0.188. The second-order valence-electron chi connectivity index (χ2n) is 6.81. The molecule has 0 aliphatic heterocycles. The maximum atomic E-state index is 12.4. The molecule has 0 aliphatic rings. The molecule has 0 aromatic heterocycles. The van der Waals surface area contributed by atoms with Crippen LogP contribution in [0.1, 0.15) is 22.8 Å². The zero-order valence-electron chi connectivity index (χ0n) is 18.2. The molecule has 0 atom stereocenters. The summed E-state index contributed by atoms with van der Waals surface area (Å²) in [4.78, 5) is 36.5. The second-order valence-corrected chi connectivity index (χ2v) is 8.09. The number of nitrogens with one attached hydrogen (secondary N) is 2. The number of ether oxygens (including phenoxy) is 2. The average molecular weight is 535 g/mol. The first kappa shape index (κ1) is 26.0. The van der Waals surface area contributed by atoms with E-state index < -0.39 is 17.8 Å². The van der Waals surface area contributed by atoms with E-state index in [1.165, 1.54) is 24.4 Å². The number of benzene rings is 3. The SMILES string of the molecule is CCOc1cc(C=NNC(=O)C(=O)Nc2cc(Cl)ccc2Cl)ccc1OC(=O)c1ccc(Cl)cc1. The number of anilines is 1. The van der Waals surface area contributed by atoms with E-state index in [1.807, 2.05) is 0 Å². The molecule has 0 spiro atoms. The Labute approximate surface area is 215 Å². The minimum atomic E-state index is -1.02. The van der Waals surface area contributed by atoms with Crippen molar-refractivity contribution in [2.45, 2.75) is 6.92 Å². The maximum Gasteiger partial charge on any atom is 0.343 e. The van der Waals surface area contributed by atoms with E-state index in [2.05, 4.69) is 15.8 Å². The van der Waals surface area contributed by atoms with Crippen LogP contribution in [0.4, 0.5) is 5.69 Å². The van der Waals surface area contributed by atoms with E-state index in [0.717, 1.165) is 0 Å². The second kappa shape index (κ2) is 12.2. The lowest BCUT2D eigenvalue weighted by molar-refractivity contribution is -0.136. The van der Waals surface area contributed by atoms with Gasteiger partial charge < -0.3 is 14.8 Å². The molecule has 0 saturated carbocycles. The van der Waals surface area contributed by atoms with Crippen LogP contribution in [0, 0.1) is 0 Å². The molecule has 0 saturated heterocycles. The lowest BCUT2D eigenvalue weighted by Crippen LogP contribution is -2.32. The third-order valence-corrected chi connectivity index (χ3v) is 5.13. The summed E-state index contributed by atoms with van der Waals surface area (Å²) in [6, 6.07) is 15.4. The van der Waals surface area contributed by atoms with Crippen molar-refractivity contribution in [2.24, 2.45) is 5.10 Å². The van der Waals surface area contributed by atoms with Gasteiger partial charge in [0.25, 0.3) is 0 Å². The fourth-order valence-electron chi connectivity index (χ4n) is 2.69. The molecule has 2 N–H and O–H groups in total. The smallest absolute Gasteiger partial charge is 0.343 e. The standard InChI is InChI=1S/C24H18Cl3N3O5/c1-2-34-21-11-14(3-10-20(21)35-24(33)15-4-6-16(25)7-5-15)13-28-30-23(32)22(31)29-19-12-17(26)8-9-18(19)27/h3-13H,2H2,1H3,(H,29,31)(H,30,32). The molecule has 0 unspecified atom stereocenters. The molecule has 2 amide bonds. The fourth-order valence-corrected chi connectivity index (χ4v) is 3.15. The Morgan fingerprint density at radius 3 is 2.31 bits per heavy atom. The first-order valence-electron chi connectivity index (χ1n) is 10.1. The number of hydrogen-bond acceptors (Lipinski definition) is 6. The van der Waals surface area contributed by atoms with Gasteiger partial charge in [-0.15, -0.1) is 0 Å². The zero-order chi connectivity index (χ0) is 25.4. The number of amides is 2. The molecule has 3 aromatic rings. The number of rotatable bonds is 7. The van der Waals surface area contributed by atoms with Crippen molar-refractivity contribution >= 4 is 64.5 Å². The van der Waals surface area contributed by atoms with Crippen LogP contribution in [0.15, 0.2) is 65.8 Å². The Hall–Kier alpha value is -3.59. The van der Waals surface area contributed by atoms with E-state index in [9.17, 15) is 14.4 Å².